The van der Waals surface area contributed by atoms with Crippen molar-refractivity contribution in [2.75, 3.05) is 11.6 Å². The molecule has 1 fully saturated rings. The number of hydrogen-bond acceptors (Lipinski definition) is 4. The standard InChI is InChI=1S/C16H19N5/c17-10-11-5-4-8-13(9-11)14-15(18)21(19)16(20-14)12-6-2-1-3-7-12/h4-5,8-9,12H,1-3,6-7,18-19H2. The quantitative estimate of drug-likeness (QED) is 0.828. The molecule has 0 radical (unpaired) electrons. The summed E-state index contributed by atoms with van der Waals surface area (Å²) in [5.74, 6) is 7.82. The Labute approximate surface area is 124 Å². The first-order chi connectivity index (χ1) is 10.2. The van der Waals surface area contributed by atoms with Crippen LogP contribution in [-0.4, -0.2) is 9.66 Å². The Morgan fingerprint density at radius 2 is 2.00 bits per heavy atom. The average Bonchev–Trinajstić information content (AvgIpc) is 2.84. The number of nitriles is 1. The van der Waals surface area contributed by atoms with Gasteiger partial charge >= 0.3 is 0 Å². The van der Waals surface area contributed by atoms with E-state index in [4.69, 9.17) is 16.8 Å². The molecule has 5 nitrogen and oxygen atoms in total. The van der Waals surface area contributed by atoms with E-state index in [0.29, 0.717) is 23.0 Å². The van der Waals surface area contributed by atoms with E-state index >= 15 is 0 Å². The van der Waals surface area contributed by atoms with Crippen LogP contribution in [0.5, 0.6) is 0 Å². The van der Waals surface area contributed by atoms with E-state index in [1.54, 1.807) is 12.1 Å². The van der Waals surface area contributed by atoms with Gasteiger partial charge < -0.3 is 11.6 Å². The van der Waals surface area contributed by atoms with Gasteiger partial charge in [-0.1, -0.05) is 31.4 Å². The van der Waals surface area contributed by atoms with Crippen LogP contribution in [0.15, 0.2) is 24.3 Å². The van der Waals surface area contributed by atoms with Crippen LogP contribution in [0.3, 0.4) is 0 Å². The Bertz CT molecular complexity index is 689. The van der Waals surface area contributed by atoms with Crippen LogP contribution in [-0.2, 0) is 0 Å². The van der Waals surface area contributed by atoms with Crippen LogP contribution >= 0.6 is 0 Å². The molecule has 0 saturated heterocycles. The molecule has 1 aliphatic rings. The van der Waals surface area contributed by atoms with Crippen molar-refractivity contribution in [1.82, 2.24) is 9.66 Å². The molecule has 1 aliphatic carbocycles. The summed E-state index contributed by atoms with van der Waals surface area (Å²) in [4.78, 5) is 4.68. The van der Waals surface area contributed by atoms with Crippen molar-refractivity contribution >= 4 is 5.82 Å². The molecule has 5 heteroatoms. The highest BCUT2D eigenvalue weighted by Crippen LogP contribution is 2.35. The minimum Gasteiger partial charge on any atom is -0.382 e. The number of imidazole rings is 1. The molecule has 0 spiro atoms. The Balaban J connectivity index is 2.01. The summed E-state index contributed by atoms with van der Waals surface area (Å²) >= 11 is 0. The second kappa shape index (κ2) is 5.49. The number of benzene rings is 1. The molecule has 0 atom stereocenters. The van der Waals surface area contributed by atoms with Gasteiger partial charge in [-0.2, -0.15) is 5.26 Å². The van der Waals surface area contributed by atoms with Crippen molar-refractivity contribution in [3.05, 3.63) is 35.7 Å². The van der Waals surface area contributed by atoms with Gasteiger partial charge in [0.1, 0.15) is 11.5 Å². The molecule has 1 aromatic carbocycles. The predicted molar refractivity (Wildman–Crippen MR) is 82.8 cm³/mol. The minimum absolute atomic E-state index is 0.388. The number of aromatic nitrogens is 2. The number of hydrogen-bond donors (Lipinski definition) is 2. The second-order valence-electron chi connectivity index (χ2n) is 5.60. The maximum Gasteiger partial charge on any atom is 0.150 e. The van der Waals surface area contributed by atoms with Crippen LogP contribution in [0.4, 0.5) is 5.82 Å². The molecule has 2 aromatic rings. The largest absolute Gasteiger partial charge is 0.382 e. The summed E-state index contributed by atoms with van der Waals surface area (Å²) in [6.45, 7) is 0. The molecule has 4 N–H and O–H groups in total. The Morgan fingerprint density at radius 3 is 2.71 bits per heavy atom. The minimum atomic E-state index is 0.388. The Kier molecular flexibility index (Phi) is 3.53. The van der Waals surface area contributed by atoms with Gasteiger partial charge in [0, 0.05) is 11.5 Å². The van der Waals surface area contributed by atoms with Crippen molar-refractivity contribution in [3.63, 3.8) is 0 Å². The van der Waals surface area contributed by atoms with Crippen molar-refractivity contribution in [2.24, 2.45) is 0 Å². The van der Waals surface area contributed by atoms with E-state index in [0.717, 1.165) is 24.2 Å². The number of anilines is 1. The van der Waals surface area contributed by atoms with Gasteiger partial charge in [0.15, 0.2) is 5.82 Å². The fraction of sp³-hybridized carbons (Fsp3) is 0.375. The number of nitrogens with two attached hydrogens (primary N) is 2. The summed E-state index contributed by atoms with van der Waals surface area (Å²) in [5, 5.41) is 9.01. The van der Waals surface area contributed by atoms with Crippen molar-refractivity contribution in [2.45, 2.75) is 38.0 Å². The lowest BCUT2D eigenvalue weighted by Gasteiger charge is -2.20. The van der Waals surface area contributed by atoms with Crippen molar-refractivity contribution in [3.8, 4) is 17.3 Å². The summed E-state index contributed by atoms with van der Waals surface area (Å²) in [6, 6.07) is 9.44. The molecule has 0 unspecified atom stereocenters. The predicted octanol–water partition coefficient (Wildman–Crippen LogP) is 2.77. The third kappa shape index (κ3) is 2.45. The Morgan fingerprint density at radius 1 is 1.24 bits per heavy atom. The Hall–Kier alpha value is -2.48. The molecule has 0 amide bonds. The van der Waals surface area contributed by atoms with Gasteiger partial charge in [-0.15, -0.1) is 0 Å². The molecule has 1 heterocycles. The van der Waals surface area contributed by atoms with Gasteiger partial charge in [-0.25, -0.2) is 9.66 Å². The molecule has 0 bridgehead atoms. The molecule has 21 heavy (non-hydrogen) atoms. The van der Waals surface area contributed by atoms with Crippen LogP contribution in [0, 0.1) is 11.3 Å². The fourth-order valence-electron chi connectivity index (χ4n) is 3.06. The van der Waals surface area contributed by atoms with Gasteiger partial charge in [-0.3, -0.25) is 0 Å². The van der Waals surface area contributed by atoms with Crippen molar-refractivity contribution in [1.29, 1.82) is 5.26 Å². The van der Waals surface area contributed by atoms with E-state index in [1.807, 2.05) is 12.1 Å². The zero-order valence-electron chi connectivity index (χ0n) is 11.9. The first-order valence-corrected chi connectivity index (χ1v) is 7.34. The summed E-state index contributed by atoms with van der Waals surface area (Å²) < 4.78 is 1.52. The second-order valence-corrected chi connectivity index (χ2v) is 5.60. The number of nitrogens with zero attached hydrogens (tertiary/aromatic N) is 3. The maximum atomic E-state index is 9.01. The first-order valence-electron chi connectivity index (χ1n) is 7.34. The van der Waals surface area contributed by atoms with Crippen LogP contribution in [0.1, 0.15) is 49.4 Å². The summed E-state index contributed by atoms with van der Waals surface area (Å²) in [5.41, 5.74) is 8.24. The van der Waals surface area contributed by atoms with E-state index in [2.05, 4.69) is 11.1 Å². The fourth-order valence-corrected chi connectivity index (χ4v) is 3.06. The lowest BCUT2D eigenvalue weighted by Crippen LogP contribution is -2.19. The van der Waals surface area contributed by atoms with E-state index in [9.17, 15) is 0 Å². The highest BCUT2D eigenvalue weighted by atomic mass is 15.4. The lowest BCUT2D eigenvalue weighted by molar-refractivity contribution is 0.424. The molecule has 108 valence electrons. The van der Waals surface area contributed by atoms with Gasteiger partial charge in [0.05, 0.1) is 11.6 Å². The highest BCUT2D eigenvalue weighted by molar-refractivity contribution is 5.72. The van der Waals surface area contributed by atoms with Crippen LogP contribution in [0.25, 0.3) is 11.3 Å². The number of rotatable bonds is 2. The molecular weight excluding hydrogens is 262 g/mol. The SMILES string of the molecule is N#Cc1cccc(-c2nc(C3CCCCC3)n(N)c2N)c1. The van der Waals surface area contributed by atoms with Crippen LogP contribution < -0.4 is 11.6 Å². The zero-order valence-corrected chi connectivity index (χ0v) is 11.9. The average molecular weight is 281 g/mol. The zero-order chi connectivity index (χ0) is 14.8. The highest BCUT2D eigenvalue weighted by Gasteiger charge is 2.23. The summed E-state index contributed by atoms with van der Waals surface area (Å²) in [6.07, 6.45) is 5.96. The molecule has 3 rings (SSSR count). The third-order valence-corrected chi connectivity index (χ3v) is 4.21. The monoisotopic (exact) mass is 281 g/mol. The summed E-state index contributed by atoms with van der Waals surface area (Å²) in [7, 11) is 0. The normalized spacial score (nSPS) is 15.8. The molecule has 0 aliphatic heterocycles. The van der Waals surface area contributed by atoms with Crippen LogP contribution in [0.2, 0.25) is 0 Å². The van der Waals surface area contributed by atoms with Gasteiger partial charge in [0.25, 0.3) is 0 Å². The third-order valence-electron chi connectivity index (χ3n) is 4.21. The topological polar surface area (TPSA) is 93.6 Å². The lowest BCUT2D eigenvalue weighted by atomic mass is 9.89. The molecule has 1 aromatic heterocycles. The van der Waals surface area contributed by atoms with Gasteiger partial charge in [-0.05, 0) is 25.0 Å². The molecule has 1 saturated carbocycles. The van der Waals surface area contributed by atoms with E-state index < -0.39 is 0 Å². The van der Waals surface area contributed by atoms with Crippen molar-refractivity contribution < 1.29 is 0 Å². The van der Waals surface area contributed by atoms with E-state index in [1.165, 1.54) is 23.9 Å². The van der Waals surface area contributed by atoms with Gasteiger partial charge in [0.2, 0.25) is 0 Å². The smallest absolute Gasteiger partial charge is 0.150 e. The van der Waals surface area contributed by atoms with E-state index in [-0.39, 0.29) is 0 Å². The number of nitrogen functional groups attached to an aromatic ring is 2. The molecular formula is C16H19N5. The maximum absolute atomic E-state index is 9.01. The first kappa shape index (κ1) is 13.5.